The highest BCUT2D eigenvalue weighted by molar-refractivity contribution is 5.93. The molecule has 0 N–H and O–H groups in total. The van der Waals surface area contributed by atoms with Gasteiger partial charge in [-0.15, -0.1) is 0 Å². The second-order valence-corrected chi connectivity index (χ2v) is 4.02. The van der Waals surface area contributed by atoms with Gasteiger partial charge < -0.3 is 4.90 Å². The van der Waals surface area contributed by atoms with Crippen molar-refractivity contribution in [2.24, 2.45) is 0 Å². The summed E-state index contributed by atoms with van der Waals surface area (Å²) in [4.78, 5) is 21.2. The Morgan fingerprint density at radius 2 is 2.12 bits per heavy atom. The highest BCUT2D eigenvalue weighted by Gasteiger charge is 2.26. The summed E-state index contributed by atoms with van der Waals surface area (Å²) in [6.07, 6.45) is 6.08. The van der Waals surface area contributed by atoms with E-state index < -0.39 is 6.67 Å². The molecule has 1 aliphatic rings. The van der Waals surface area contributed by atoms with Crippen molar-refractivity contribution in [3.05, 3.63) is 23.8 Å². The number of alkyl halides is 1. The number of rotatable bonds is 3. The van der Waals surface area contributed by atoms with Crippen molar-refractivity contribution >= 4 is 5.91 Å². The second kappa shape index (κ2) is 4.55. The van der Waals surface area contributed by atoms with E-state index in [2.05, 4.69) is 9.97 Å². The Kier molecular flexibility index (Phi) is 3.12. The van der Waals surface area contributed by atoms with E-state index in [1.54, 1.807) is 11.9 Å². The highest BCUT2D eigenvalue weighted by Crippen LogP contribution is 2.24. The molecule has 0 spiro atoms. The van der Waals surface area contributed by atoms with Gasteiger partial charge in [0, 0.05) is 25.5 Å². The van der Waals surface area contributed by atoms with E-state index in [0.29, 0.717) is 11.6 Å². The Balaban J connectivity index is 2.07. The Morgan fingerprint density at radius 1 is 1.50 bits per heavy atom. The molecule has 0 aromatic carbocycles. The smallest absolute Gasteiger partial charge is 0.256 e. The summed E-state index contributed by atoms with van der Waals surface area (Å²) in [6.45, 7) is -0.701. The molecule has 1 fully saturated rings. The fourth-order valence-corrected chi connectivity index (χ4v) is 1.68. The number of carbonyl (C=O) groups is 1. The van der Waals surface area contributed by atoms with Crippen LogP contribution in [0.2, 0.25) is 0 Å². The van der Waals surface area contributed by atoms with Gasteiger partial charge in [0.15, 0.2) is 5.82 Å². The molecule has 1 aromatic rings. The average molecular weight is 223 g/mol. The maximum Gasteiger partial charge on any atom is 0.256 e. The molecule has 0 saturated heterocycles. The first kappa shape index (κ1) is 11.0. The van der Waals surface area contributed by atoms with E-state index in [9.17, 15) is 9.18 Å². The Morgan fingerprint density at radius 3 is 2.56 bits per heavy atom. The molecule has 0 aliphatic heterocycles. The van der Waals surface area contributed by atoms with Crippen LogP contribution in [0.5, 0.6) is 0 Å². The Hall–Kier alpha value is -1.52. The molecule has 4 nitrogen and oxygen atoms in total. The minimum atomic E-state index is -0.701. The summed E-state index contributed by atoms with van der Waals surface area (Å²) in [6, 6.07) is 0.341. The molecule has 1 saturated carbocycles. The molecule has 2 rings (SSSR count). The first-order valence-electron chi connectivity index (χ1n) is 5.36. The van der Waals surface area contributed by atoms with Gasteiger partial charge in [-0.05, 0) is 19.3 Å². The van der Waals surface area contributed by atoms with Crippen molar-refractivity contribution in [2.75, 3.05) is 7.05 Å². The van der Waals surface area contributed by atoms with Crippen molar-refractivity contribution < 1.29 is 9.18 Å². The lowest BCUT2D eigenvalue weighted by molar-refractivity contribution is 0.0651. The first-order chi connectivity index (χ1) is 7.72. The maximum atomic E-state index is 12.2. The van der Waals surface area contributed by atoms with Crippen LogP contribution < -0.4 is 0 Å². The number of aromatic nitrogens is 2. The van der Waals surface area contributed by atoms with E-state index in [-0.39, 0.29) is 11.7 Å². The third-order valence-corrected chi connectivity index (χ3v) is 3.01. The molecule has 5 heteroatoms. The molecule has 16 heavy (non-hydrogen) atoms. The molecule has 0 atom stereocenters. The molecule has 1 aromatic heterocycles. The van der Waals surface area contributed by atoms with Crippen molar-refractivity contribution in [1.29, 1.82) is 0 Å². The third-order valence-electron chi connectivity index (χ3n) is 3.01. The van der Waals surface area contributed by atoms with E-state index >= 15 is 0 Å². The zero-order valence-electron chi connectivity index (χ0n) is 9.19. The number of carbonyl (C=O) groups excluding carboxylic acids is 1. The predicted octanol–water partition coefficient (Wildman–Crippen LogP) is 1.57. The van der Waals surface area contributed by atoms with Crippen LogP contribution in [0.3, 0.4) is 0 Å². The maximum absolute atomic E-state index is 12.2. The normalized spacial score (nSPS) is 15.6. The molecule has 1 aliphatic carbocycles. The molecule has 0 bridgehead atoms. The Bertz CT molecular complexity index is 375. The van der Waals surface area contributed by atoms with Crippen molar-refractivity contribution in [2.45, 2.75) is 32.0 Å². The SMILES string of the molecule is CN(C(=O)c1cnc(CF)nc1)C1CCC1. The topological polar surface area (TPSA) is 46.1 Å². The fraction of sp³-hybridized carbons (Fsp3) is 0.545. The first-order valence-corrected chi connectivity index (χ1v) is 5.36. The van der Waals surface area contributed by atoms with Crippen LogP contribution in [-0.4, -0.2) is 33.9 Å². The van der Waals surface area contributed by atoms with Gasteiger partial charge in [0.25, 0.3) is 5.91 Å². The van der Waals surface area contributed by atoms with Crippen molar-refractivity contribution in [3.63, 3.8) is 0 Å². The van der Waals surface area contributed by atoms with Crippen LogP contribution >= 0.6 is 0 Å². The largest absolute Gasteiger partial charge is 0.339 e. The summed E-state index contributed by atoms with van der Waals surface area (Å²) in [5, 5.41) is 0. The predicted molar refractivity (Wildman–Crippen MR) is 56.6 cm³/mol. The monoisotopic (exact) mass is 223 g/mol. The van der Waals surface area contributed by atoms with Crippen molar-refractivity contribution in [1.82, 2.24) is 14.9 Å². The van der Waals surface area contributed by atoms with Crippen LogP contribution in [0.4, 0.5) is 4.39 Å². The summed E-state index contributed by atoms with van der Waals surface area (Å²) >= 11 is 0. The molecule has 0 radical (unpaired) electrons. The summed E-state index contributed by atoms with van der Waals surface area (Å²) in [7, 11) is 1.79. The molecule has 0 unspecified atom stereocenters. The van der Waals surface area contributed by atoms with Gasteiger partial charge in [-0.2, -0.15) is 0 Å². The van der Waals surface area contributed by atoms with Gasteiger partial charge in [0.1, 0.15) is 6.67 Å². The zero-order chi connectivity index (χ0) is 11.5. The van der Waals surface area contributed by atoms with Gasteiger partial charge in [-0.25, -0.2) is 14.4 Å². The highest BCUT2D eigenvalue weighted by atomic mass is 19.1. The minimum Gasteiger partial charge on any atom is -0.339 e. The van der Waals surface area contributed by atoms with Gasteiger partial charge >= 0.3 is 0 Å². The lowest BCUT2D eigenvalue weighted by atomic mass is 9.91. The van der Waals surface area contributed by atoms with E-state index in [0.717, 1.165) is 12.8 Å². The van der Waals surface area contributed by atoms with Crippen LogP contribution in [0, 0.1) is 0 Å². The van der Waals surface area contributed by atoms with Crippen molar-refractivity contribution in [3.8, 4) is 0 Å². The second-order valence-electron chi connectivity index (χ2n) is 4.02. The number of hydrogen-bond donors (Lipinski definition) is 0. The minimum absolute atomic E-state index is 0.0879. The molecule has 86 valence electrons. The molecule has 1 amide bonds. The summed E-state index contributed by atoms with van der Waals surface area (Å²) < 4.78 is 12.2. The molecular weight excluding hydrogens is 209 g/mol. The summed E-state index contributed by atoms with van der Waals surface area (Å²) in [5.41, 5.74) is 0.423. The van der Waals surface area contributed by atoms with Gasteiger partial charge in [0.05, 0.1) is 5.56 Å². The fourth-order valence-electron chi connectivity index (χ4n) is 1.68. The molecular formula is C11H14FN3O. The Labute approximate surface area is 93.5 Å². The standard InChI is InChI=1S/C11H14FN3O/c1-15(9-3-2-4-9)11(16)8-6-13-10(5-12)14-7-8/h6-7,9H,2-5H2,1H3. The quantitative estimate of drug-likeness (QED) is 0.781. The van der Waals surface area contributed by atoms with E-state index in [1.165, 1.54) is 18.8 Å². The average Bonchev–Trinajstić information content (AvgIpc) is 2.26. The number of amides is 1. The van der Waals surface area contributed by atoms with Gasteiger partial charge in [-0.3, -0.25) is 4.79 Å². The molecule has 1 heterocycles. The van der Waals surface area contributed by atoms with Gasteiger partial charge in [-0.1, -0.05) is 0 Å². The van der Waals surface area contributed by atoms with Crippen LogP contribution in [0.1, 0.15) is 35.4 Å². The van der Waals surface area contributed by atoms with Crippen LogP contribution in [-0.2, 0) is 6.67 Å². The van der Waals surface area contributed by atoms with Gasteiger partial charge in [0.2, 0.25) is 0 Å². The zero-order valence-corrected chi connectivity index (χ0v) is 9.19. The van der Waals surface area contributed by atoms with E-state index in [4.69, 9.17) is 0 Å². The third kappa shape index (κ3) is 2.03. The summed E-state index contributed by atoms with van der Waals surface area (Å²) in [5.74, 6) is 0.0259. The number of hydrogen-bond acceptors (Lipinski definition) is 3. The number of nitrogens with zero attached hydrogens (tertiary/aromatic N) is 3. The van der Waals surface area contributed by atoms with E-state index in [1.807, 2.05) is 0 Å². The lowest BCUT2D eigenvalue weighted by Crippen LogP contribution is -2.41. The van der Waals surface area contributed by atoms with Crippen LogP contribution in [0.25, 0.3) is 0 Å². The van der Waals surface area contributed by atoms with Crippen LogP contribution in [0.15, 0.2) is 12.4 Å². The lowest BCUT2D eigenvalue weighted by Gasteiger charge is -2.34. The number of halogens is 1.